The Labute approximate surface area is 125 Å². The zero-order chi connectivity index (χ0) is 14.4. The van der Waals surface area contributed by atoms with Crippen LogP contribution in [0.4, 0.5) is 0 Å². The van der Waals surface area contributed by atoms with Crippen molar-refractivity contribution in [3.63, 3.8) is 0 Å². The van der Waals surface area contributed by atoms with Gasteiger partial charge < -0.3 is 10.1 Å². The Morgan fingerprint density at radius 3 is 2.95 bits per heavy atom. The zero-order valence-corrected chi connectivity index (χ0v) is 13.2. The maximum atomic E-state index is 5.86. The van der Waals surface area contributed by atoms with Gasteiger partial charge in [-0.3, -0.25) is 0 Å². The molecule has 0 aliphatic rings. The first kappa shape index (κ1) is 15.0. The second-order valence-electron chi connectivity index (χ2n) is 4.80. The van der Waals surface area contributed by atoms with E-state index >= 15 is 0 Å². The molecule has 1 N–H and O–H groups in total. The molecule has 1 heterocycles. The lowest BCUT2D eigenvalue weighted by atomic mass is 10.1. The Morgan fingerprint density at radius 2 is 2.15 bits per heavy atom. The lowest BCUT2D eigenvalue weighted by Crippen LogP contribution is -2.10. The summed E-state index contributed by atoms with van der Waals surface area (Å²) in [7, 11) is 0. The molecule has 4 heteroatoms. The minimum atomic E-state index is 0.679. The first-order valence-electron chi connectivity index (χ1n) is 7.04. The van der Waals surface area contributed by atoms with Gasteiger partial charge in [-0.15, -0.1) is 11.3 Å². The summed E-state index contributed by atoms with van der Waals surface area (Å²) in [5.41, 5.74) is 2.49. The Hall–Kier alpha value is -1.39. The number of hydrogen-bond acceptors (Lipinski definition) is 4. The van der Waals surface area contributed by atoms with Gasteiger partial charge in [0.15, 0.2) is 0 Å². The largest absolute Gasteiger partial charge is 0.493 e. The van der Waals surface area contributed by atoms with Gasteiger partial charge in [0, 0.05) is 24.0 Å². The molecule has 0 aliphatic carbocycles. The van der Waals surface area contributed by atoms with Gasteiger partial charge in [0.05, 0.1) is 11.6 Å². The van der Waals surface area contributed by atoms with Crippen molar-refractivity contribution in [3.8, 4) is 5.75 Å². The predicted molar refractivity (Wildman–Crippen MR) is 84.6 cm³/mol. The number of ether oxygens (including phenoxy) is 1. The average molecular weight is 290 g/mol. The quantitative estimate of drug-likeness (QED) is 0.847. The first-order chi connectivity index (χ1) is 9.70. The maximum absolute atomic E-state index is 5.86. The van der Waals surface area contributed by atoms with E-state index in [9.17, 15) is 0 Å². The molecular weight excluding hydrogens is 268 g/mol. The molecule has 20 heavy (non-hydrogen) atoms. The van der Waals surface area contributed by atoms with E-state index in [4.69, 9.17) is 4.74 Å². The van der Waals surface area contributed by atoms with Gasteiger partial charge >= 0.3 is 0 Å². The van der Waals surface area contributed by atoms with Crippen molar-refractivity contribution in [3.05, 3.63) is 45.4 Å². The molecule has 1 aromatic carbocycles. The van der Waals surface area contributed by atoms with Crippen LogP contribution in [0.2, 0.25) is 0 Å². The number of aromatic nitrogens is 1. The molecule has 0 radical (unpaired) electrons. The second kappa shape index (κ2) is 7.41. The maximum Gasteiger partial charge on any atom is 0.122 e. The van der Waals surface area contributed by atoms with Crippen LogP contribution in [0.1, 0.15) is 27.9 Å². The molecule has 2 rings (SSSR count). The van der Waals surface area contributed by atoms with Crippen LogP contribution in [0.3, 0.4) is 0 Å². The standard InChI is InChI=1S/C16H22N2OS/c1-4-17-10-14-11-18-16(20-14)8-9-19-15-7-5-6-12(2)13(15)3/h5-7,11,17H,4,8-10H2,1-3H3. The highest BCUT2D eigenvalue weighted by atomic mass is 32.1. The fourth-order valence-corrected chi connectivity index (χ4v) is 2.80. The summed E-state index contributed by atoms with van der Waals surface area (Å²) >= 11 is 1.76. The molecule has 0 saturated carbocycles. The summed E-state index contributed by atoms with van der Waals surface area (Å²) < 4.78 is 5.86. The topological polar surface area (TPSA) is 34.2 Å². The van der Waals surface area contributed by atoms with E-state index in [1.165, 1.54) is 16.0 Å². The molecule has 1 aromatic heterocycles. The molecule has 0 saturated heterocycles. The summed E-state index contributed by atoms with van der Waals surface area (Å²) in [6.45, 7) is 8.89. The molecular formula is C16H22N2OS. The number of rotatable bonds is 7. The fourth-order valence-electron chi connectivity index (χ4n) is 1.92. The van der Waals surface area contributed by atoms with Crippen molar-refractivity contribution in [2.24, 2.45) is 0 Å². The highest BCUT2D eigenvalue weighted by Gasteiger charge is 2.04. The van der Waals surface area contributed by atoms with Crippen molar-refractivity contribution in [2.75, 3.05) is 13.2 Å². The van der Waals surface area contributed by atoms with E-state index in [0.717, 1.165) is 30.3 Å². The van der Waals surface area contributed by atoms with Crippen LogP contribution < -0.4 is 10.1 Å². The van der Waals surface area contributed by atoms with Gasteiger partial charge in [-0.2, -0.15) is 0 Å². The van der Waals surface area contributed by atoms with Gasteiger partial charge in [0.2, 0.25) is 0 Å². The van der Waals surface area contributed by atoms with Gasteiger partial charge in [-0.25, -0.2) is 4.98 Å². The summed E-state index contributed by atoms with van der Waals surface area (Å²) in [5.74, 6) is 0.981. The molecule has 3 nitrogen and oxygen atoms in total. The third-order valence-electron chi connectivity index (χ3n) is 3.28. The Kier molecular flexibility index (Phi) is 5.56. The van der Waals surface area contributed by atoms with Crippen LogP contribution in [0, 0.1) is 13.8 Å². The summed E-state index contributed by atoms with van der Waals surface area (Å²) in [6.07, 6.45) is 2.82. The molecule has 0 atom stereocenters. The normalized spacial score (nSPS) is 10.8. The van der Waals surface area contributed by atoms with E-state index in [1.54, 1.807) is 11.3 Å². The first-order valence-corrected chi connectivity index (χ1v) is 7.85. The van der Waals surface area contributed by atoms with Crippen LogP contribution in [0.5, 0.6) is 5.75 Å². The Bertz CT molecular complexity index is 551. The lowest BCUT2D eigenvalue weighted by molar-refractivity contribution is 0.319. The van der Waals surface area contributed by atoms with Gasteiger partial charge in [-0.05, 0) is 37.6 Å². The van der Waals surface area contributed by atoms with Crippen molar-refractivity contribution < 1.29 is 4.74 Å². The van der Waals surface area contributed by atoms with Crippen LogP contribution in [0.25, 0.3) is 0 Å². The number of aryl methyl sites for hydroxylation is 1. The van der Waals surface area contributed by atoms with Crippen molar-refractivity contribution in [1.29, 1.82) is 0 Å². The molecule has 0 aliphatic heterocycles. The minimum absolute atomic E-state index is 0.679. The van der Waals surface area contributed by atoms with Gasteiger partial charge in [0.25, 0.3) is 0 Å². The van der Waals surface area contributed by atoms with Crippen LogP contribution in [0.15, 0.2) is 24.4 Å². The van der Waals surface area contributed by atoms with Crippen molar-refractivity contribution in [2.45, 2.75) is 33.7 Å². The summed E-state index contributed by atoms with van der Waals surface area (Å²) in [6, 6.07) is 6.17. The lowest BCUT2D eigenvalue weighted by Gasteiger charge is -2.09. The van der Waals surface area contributed by atoms with E-state index in [1.807, 2.05) is 18.3 Å². The van der Waals surface area contributed by atoms with Crippen LogP contribution in [-0.2, 0) is 13.0 Å². The van der Waals surface area contributed by atoms with Gasteiger partial charge in [-0.1, -0.05) is 19.1 Å². The molecule has 108 valence electrons. The molecule has 0 spiro atoms. The van der Waals surface area contributed by atoms with Crippen LogP contribution >= 0.6 is 11.3 Å². The highest BCUT2D eigenvalue weighted by Crippen LogP contribution is 2.21. The van der Waals surface area contributed by atoms with E-state index in [-0.39, 0.29) is 0 Å². The van der Waals surface area contributed by atoms with Crippen LogP contribution in [-0.4, -0.2) is 18.1 Å². The summed E-state index contributed by atoms with van der Waals surface area (Å²) in [4.78, 5) is 5.72. The number of nitrogens with one attached hydrogen (secondary N) is 1. The number of nitrogens with zero attached hydrogens (tertiary/aromatic N) is 1. The molecule has 0 amide bonds. The molecule has 0 fully saturated rings. The monoisotopic (exact) mass is 290 g/mol. The van der Waals surface area contributed by atoms with E-state index in [0.29, 0.717) is 6.61 Å². The Morgan fingerprint density at radius 1 is 1.30 bits per heavy atom. The Balaban J connectivity index is 1.83. The van der Waals surface area contributed by atoms with Crippen molar-refractivity contribution >= 4 is 11.3 Å². The van der Waals surface area contributed by atoms with Gasteiger partial charge in [0.1, 0.15) is 5.75 Å². The highest BCUT2D eigenvalue weighted by molar-refractivity contribution is 7.11. The minimum Gasteiger partial charge on any atom is -0.493 e. The third-order valence-corrected chi connectivity index (χ3v) is 4.34. The number of hydrogen-bond donors (Lipinski definition) is 1. The third kappa shape index (κ3) is 4.05. The molecule has 0 unspecified atom stereocenters. The van der Waals surface area contributed by atoms with E-state index < -0.39 is 0 Å². The summed E-state index contributed by atoms with van der Waals surface area (Å²) in [5, 5.41) is 4.45. The SMILES string of the molecule is CCNCc1cnc(CCOc2cccc(C)c2C)s1. The second-order valence-corrected chi connectivity index (χ2v) is 6.00. The molecule has 2 aromatic rings. The number of benzene rings is 1. The molecule has 0 bridgehead atoms. The fraction of sp³-hybridized carbons (Fsp3) is 0.438. The smallest absolute Gasteiger partial charge is 0.122 e. The van der Waals surface area contributed by atoms with E-state index in [2.05, 4.69) is 37.1 Å². The van der Waals surface area contributed by atoms with Crippen molar-refractivity contribution in [1.82, 2.24) is 10.3 Å². The number of thiazole rings is 1. The zero-order valence-electron chi connectivity index (χ0n) is 12.4. The average Bonchev–Trinajstić information content (AvgIpc) is 2.89. The predicted octanol–water partition coefficient (Wildman–Crippen LogP) is 3.49.